The van der Waals surface area contributed by atoms with E-state index < -0.39 is 0 Å². The number of amides is 1. The molecular formula is C15H17N3O. The highest BCUT2D eigenvalue weighted by Gasteiger charge is 2.13. The fourth-order valence-electron chi connectivity index (χ4n) is 1.77. The summed E-state index contributed by atoms with van der Waals surface area (Å²) in [7, 11) is 3.45. The minimum atomic E-state index is -0.0570. The third kappa shape index (κ3) is 3.04. The van der Waals surface area contributed by atoms with Crippen LogP contribution in [0.1, 0.15) is 10.4 Å². The number of nitrogens with two attached hydrogens (primary N) is 1. The van der Waals surface area contributed by atoms with Crippen molar-refractivity contribution in [2.45, 2.75) is 0 Å². The molecular weight excluding hydrogens is 238 g/mol. The largest absolute Gasteiger partial charge is 0.399 e. The van der Waals surface area contributed by atoms with Gasteiger partial charge in [0, 0.05) is 25.5 Å². The summed E-state index contributed by atoms with van der Waals surface area (Å²) in [6.07, 6.45) is 0. The first-order valence-corrected chi connectivity index (χ1v) is 6.01. The maximum absolute atomic E-state index is 12.1. The van der Waals surface area contributed by atoms with E-state index in [-0.39, 0.29) is 5.91 Å². The summed E-state index contributed by atoms with van der Waals surface area (Å²) in [4.78, 5) is 13.7. The Hall–Kier alpha value is -2.49. The molecule has 0 atom stereocenters. The predicted octanol–water partition coefficient (Wildman–Crippen LogP) is 2.71. The Morgan fingerprint density at radius 2 is 1.79 bits per heavy atom. The van der Waals surface area contributed by atoms with Crippen LogP contribution in [0.3, 0.4) is 0 Å². The summed E-state index contributed by atoms with van der Waals surface area (Å²) < 4.78 is 0. The molecule has 0 saturated heterocycles. The molecule has 0 bridgehead atoms. The van der Waals surface area contributed by atoms with E-state index in [9.17, 15) is 4.79 Å². The van der Waals surface area contributed by atoms with Gasteiger partial charge in [-0.3, -0.25) is 4.79 Å². The Labute approximate surface area is 112 Å². The molecule has 0 aromatic heterocycles. The Balaban J connectivity index is 2.38. The normalized spacial score (nSPS) is 10.0. The molecule has 2 rings (SSSR count). The van der Waals surface area contributed by atoms with Gasteiger partial charge in [-0.05, 0) is 30.3 Å². The summed E-state index contributed by atoms with van der Waals surface area (Å²) in [5.41, 5.74) is 8.64. The number of hydrogen-bond acceptors (Lipinski definition) is 3. The molecule has 3 N–H and O–H groups in total. The van der Waals surface area contributed by atoms with Crippen LogP contribution in [0.4, 0.5) is 17.1 Å². The molecule has 0 radical (unpaired) electrons. The quantitative estimate of drug-likeness (QED) is 0.829. The van der Waals surface area contributed by atoms with Crippen LogP contribution in [0, 0.1) is 0 Å². The highest BCUT2D eigenvalue weighted by atomic mass is 16.2. The van der Waals surface area contributed by atoms with Gasteiger partial charge in [0.15, 0.2) is 0 Å². The average molecular weight is 255 g/mol. The molecule has 0 aliphatic heterocycles. The third-order valence-electron chi connectivity index (χ3n) is 2.73. The number of hydrogen-bond donors (Lipinski definition) is 2. The van der Waals surface area contributed by atoms with E-state index in [1.54, 1.807) is 37.2 Å². The minimum Gasteiger partial charge on any atom is -0.399 e. The summed E-state index contributed by atoms with van der Waals surface area (Å²) in [6.45, 7) is 0. The van der Waals surface area contributed by atoms with E-state index in [0.29, 0.717) is 16.9 Å². The molecule has 4 nitrogen and oxygen atoms in total. The lowest BCUT2D eigenvalue weighted by Gasteiger charge is -2.16. The highest BCUT2D eigenvalue weighted by Crippen LogP contribution is 2.24. The number of carbonyl (C=O) groups is 1. The van der Waals surface area contributed by atoms with Gasteiger partial charge in [-0.2, -0.15) is 0 Å². The maximum Gasteiger partial charge on any atom is 0.255 e. The van der Waals surface area contributed by atoms with Crippen molar-refractivity contribution in [3.8, 4) is 0 Å². The molecule has 4 heteroatoms. The second-order valence-corrected chi connectivity index (χ2v) is 4.50. The first kappa shape index (κ1) is 13.0. The topological polar surface area (TPSA) is 58.4 Å². The van der Waals surface area contributed by atoms with E-state index in [4.69, 9.17) is 5.73 Å². The summed E-state index contributed by atoms with van der Waals surface area (Å²) >= 11 is 0. The van der Waals surface area contributed by atoms with Crippen LogP contribution in [0.25, 0.3) is 0 Å². The number of nitrogens with one attached hydrogen (secondary N) is 1. The number of para-hydroxylation sites is 1. The van der Waals surface area contributed by atoms with Gasteiger partial charge in [0.2, 0.25) is 0 Å². The number of benzene rings is 2. The molecule has 19 heavy (non-hydrogen) atoms. The second kappa shape index (κ2) is 5.44. The number of nitrogens with zero attached hydrogens (tertiary/aromatic N) is 1. The number of rotatable bonds is 3. The van der Waals surface area contributed by atoms with Gasteiger partial charge in [0.05, 0.1) is 11.3 Å². The molecule has 0 saturated carbocycles. The fraction of sp³-hybridized carbons (Fsp3) is 0.133. The van der Waals surface area contributed by atoms with Gasteiger partial charge < -0.3 is 16.0 Å². The zero-order chi connectivity index (χ0) is 13.8. The van der Waals surface area contributed by atoms with Crippen molar-refractivity contribution in [3.05, 3.63) is 54.1 Å². The highest BCUT2D eigenvalue weighted by molar-refractivity contribution is 6.00. The monoisotopic (exact) mass is 255 g/mol. The SMILES string of the molecule is CN(C)C(=O)c1ccc(N)cc1Nc1ccccc1. The summed E-state index contributed by atoms with van der Waals surface area (Å²) in [5.74, 6) is -0.0570. The predicted molar refractivity (Wildman–Crippen MR) is 78.6 cm³/mol. The van der Waals surface area contributed by atoms with Gasteiger partial charge >= 0.3 is 0 Å². The van der Waals surface area contributed by atoms with Crippen molar-refractivity contribution in [2.75, 3.05) is 25.1 Å². The molecule has 0 aliphatic carbocycles. The van der Waals surface area contributed by atoms with Crippen LogP contribution in [-0.2, 0) is 0 Å². The van der Waals surface area contributed by atoms with Gasteiger partial charge in [0.1, 0.15) is 0 Å². The van der Waals surface area contributed by atoms with E-state index >= 15 is 0 Å². The molecule has 2 aromatic rings. The number of nitrogen functional groups attached to an aromatic ring is 1. The van der Waals surface area contributed by atoms with Crippen LogP contribution < -0.4 is 11.1 Å². The van der Waals surface area contributed by atoms with Crippen LogP contribution >= 0.6 is 0 Å². The van der Waals surface area contributed by atoms with E-state index in [1.165, 1.54) is 0 Å². The Kier molecular flexibility index (Phi) is 3.71. The van der Waals surface area contributed by atoms with Crippen molar-refractivity contribution in [1.82, 2.24) is 4.90 Å². The Morgan fingerprint density at radius 3 is 2.42 bits per heavy atom. The molecule has 0 heterocycles. The average Bonchev–Trinajstić information content (AvgIpc) is 2.39. The van der Waals surface area contributed by atoms with Crippen molar-refractivity contribution < 1.29 is 4.79 Å². The lowest BCUT2D eigenvalue weighted by Crippen LogP contribution is -2.22. The second-order valence-electron chi connectivity index (χ2n) is 4.50. The molecule has 0 spiro atoms. The maximum atomic E-state index is 12.1. The Morgan fingerprint density at radius 1 is 1.11 bits per heavy atom. The smallest absolute Gasteiger partial charge is 0.255 e. The van der Waals surface area contributed by atoms with Crippen molar-refractivity contribution in [3.63, 3.8) is 0 Å². The van der Waals surface area contributed by atoms with Crippen LogP contribution in [-0.4, -0.2) is 24.9 Å². The minimum absolute atomic E-state index is 0.0570. The number of carbonyl (C=O) groups excluding carboxylic acids is 1. The first-order valence-electron chi connectivity index (χ1n) is 6.01. The third-order valence-corrected chi connectivity index (χ3v) is 2.73. The zero-order valence-corrected chi connectivity index (χ0v) is 11.1. The van der Waals surface area contributed by atoms with E-state index in [0.717, 1.165) is 5.69 Å². The van der Waals surface area contributed by atoms with Crippen LogP contribution in [0.5, 0.6) is 0 Å². The van der Waals surface area contributed by atoms with Crippen LogP contribution in [0.2, 0.25) is 0 Å². The summed E-state index contributed by atoms with van der Waals surface area (Å²) in [5, 5.41) is 3.22. The molecule has 0 fully saturated rings. The Bertz CT molecular complexity index is 579. The molecule has 0 unspecified atom stereocenters. The van der Waals surface area contributed by atoms with Gasteiger partial charge in [-0.15, -0.1) is 0 Å². The number of anilines is 3. The zero-order valence-electron chi connectivity index (χ0n) is 11.1. The van der Waals surface area contributed by atoms with Crippen molar-refractivity contribution in [2.24, 2.45) is 0 Å². The van der Waals surface area contributed by atoms with Crippen molar-refractivity contribution >= 4 is 23.0 Å². The van der Waals surface area contributed by atoms with Crippen LogP contribution in [0.15, 0.2) is 48.5 Å². The summed E-state index contributed by atoms with van der Waals surface area (Å²) in [6, 6.07) is 14.9. The van der Waals surface area contributed by atoms with Gasteiger partial charge in [-0.25, -0.2) is 0 Å². The molecule has 98 valence electrons. The standard InChI is InChI=1S/C15H17N3O/c1-18(2)15(19)13-9-8-11(16)10-14(13)17-12-6-4-3-5-7-12/h3-10,17H,16H2,1-2H3. The molecule has 2 aromatic carbocycles. The lowest BCUT2D eigenvalue weighted by molar-refractivity contribution is 0.0828. The van der Waals surface area contributed by atoms with E-state index in [2.05, 4.69) is 5.32 Å². The van der Waals surface area contributed by atoms with Crippen molar-refractivity contribution in [1.29, 1.82) is 0 Å². The van der Waals surface area contributed by atoms with Gasteiger partial charge in [0.25, 0.3) is 5.91 Å². The lowest BCUT2D eigenvalue weighted by atomic mass is 10.1. The first-order chi connectivity index (χ1) is 9.08. The molecule has 0 aliphatic rings. The van der Waals surface area contributed by atoms with E-state index in [1.807, 2.05) is 30.3 Å². The van der Waals surface area contributed by atoms with Gasteiger partial charge in [-0.1, -0.05) is 18.2 Å². The molecule has 1 amide bonds. The fourth-order valence-corrected chi connectivity index (χ4v) is 1.77.